The fourth-order valence-electron chi connectivity index (χ4n) is 4.22. The average Bonchev–Trinajstić information content (AvgIpc) is 3.53. The number of hydrogen-bond acceptors (Lipinski definition) is 7. The summed E-state index contributed by atoms with van der Waals surface area (Å²) in [6.07, 6.45) is -4.23. The van der Waals surface area contributed by atoms with Gasteiger partial charge in [-0.15, -0.1) is 0 Å². The van der Waals surface area contributed by atoms with E-state index in [1.807, 2.05) is 23.1 Å². The minimum atomic E-state index is -5.08. The van der Waals surface area contributed by atoms with Gasteiger partial charge in [-0.05, 0) is 42.6 Å². The van der Waals surface area contributed by atoms with Gasteiger partial charge in [-0.25, -0.2) is 22.0 Å². The SMILES string of the molecule is Cc1c(N(C)[C@H]2CCN(Cc3ccccc3)C2)cc(F)c(S(=O)(=O)Cc2ccsn2)c1F.O=C(O)C(F)(F)F. The third kappa shape index (κ3) is 7.73. The van der Waals surface area contributed by atoms with Gasteiger partial charge in [-0.1, -0.05) is 30.3 Å². The number of halogens is 5. The van der Waals surface area contributed by atoms with Crippen LogP contribution in [0, 0.1) is 18.6 Å². The number of sulfone groups is 1. The maximum absolute atomic E-state index is 15.2. The van der Waals surface area contributed by atoms with E-state index in [-0.39, 0.29) is 17.3 Å². The van der Waals surface area contributed by atoms with Gasteiger partial charge in [-0.2, -0.15) is 17.5 Å². The summed E-state index contributed by atoms with van der Waals surface area (Å²) in [5, 5.41) is 8.75. The van der Waals surface area contributed by atoms with Crippen LogP contribution in [-0.4, -0.2) is 61.1 Å². The van der Waals surface area contributed by atoms with Crippen molar-refractivity contribution >= 4 is 33.0 Å². The number of alkyl halides is 3. The van der Waals surface area contributed by atoms with Crippen LogP contribution in [0.2, 0.25) is 0 Å². The second-order valence-corrected chi connectivity index (χ2v) is 11.6. The van der Waals surface area contributed by atoms with Crippen molar-refractivity contribution in [1.29, 1.82) is 0 Å². The third-order valence-corrected chi connectivity index (χ3v) is 8.47. The first-order chi connectivity index (χ1) is 18.2. The van der Waals surface area contributed by atoms with Crippen molar-refractivity contribution in [2.75, 3.05) is 25.0 Å². The van der Waals surface area contributed by atoms with Gasteiger partial charge < -0.3 is 10.0 Å². The Bertz CT molecular complexity index is 1380. The Kier molecular flexibility index (Phi) is 9.67. The summed E-state index contributed by atoms with van der Waals surface area (Å²) in [5.74, 6) is -5.38. The maximum Gasteiger partial charge on any atom is 0.490 e. The molecule has 4 rings (SSSR count). The second-order valence-electron chi connectivity index (χ2n) is 8.97. The van der Waals surface area contributed by atoms with Crippen LogP contribution in [0.3, 0.4) is 0 Å². The zero-order valence-corrected chi connectivity index (χ0v) is 22.6. The predicted octanol–water partition coefficient (Wildman–Crippen LogP) is 5.05. The Morgan fingerprint density at radius 1 is 1.21 bits per heavy atom. The van der Waals surface area contributed by atoms with E-state index in [1.54, 1.807) is 12.4 Å². The molecule has 0 spiro atoms. The summed E-state index contributed by atoms with van der Waals surface area (Å²) in [7, 11) is -2.40. The molecule has 212 valence electrons. The lowest BCUT2D eigenvalue weighted by molar-refractivity contribution is -0.192. The van der Waals surface area contributed by atoms with Gasteiger partial charge in [0.15, 0.2) is 9.84 Å². The topological polar surface area (TPSA) is 90.8 Å². The molecule has 0 radical (unpaired) electrons. The molecule has 1 atom stereocenters. The van der Waals surface area contributed by atoms with Crippen LogP contribution in [-0.2, 0) is 26.9 Å². The van der Waals surface area contributed by atoms with Crippen molar-refractivity contribution in [1.82, 2.24) is 9.27 Å². The number of likely N-dealkylation sites (N-methyl/N-ethyl adjacent to an activating group) is 1. The monoisotopic (exact) mass is 591 g/mol. The molecule has 2 heterocycles. The lowest BCUT2D eigenvalue weighted by Gasteiger charge is -2.29. The van der Waals surface area contributed by atoms with E-state index in [0.717, 1.165) is 43.7 Å². The van der Waals surface area contributed by atoms with E-state index >= 15 is 4.39 Å². The van der Waals surface area contributed by atoms with Crippen molar-refractivity contribution in [2.45, 2.75) is 42.8 Å². The molecule has 39 heavy (non-hydrogen) atoms. The van der Waals surface area contributed by atoms with Gasteiger partial charge in [0.2, 0.25) is 0 Å². The summed E-state index contributed by atoms with van der Waals surface area (Å²) < 4.78 is 91.2. The Hall–Kier alpha value is -3.10. The van der Waals surface area contributed by atoms with Gasteiger partial charge in [0, 0.05) is 49.4 Å². The molecular weight excluding hydrogens is 565 g/mol. The number of rotatable bonds is 7. The quantitative estimate of drug-likeness (QED) is 0.385. The van der Waals surface area contributed by atoms with E-state index in [2.05, 4.69) is 21.4 Å². The van der Waals surface area contributed by atoms with Crippen molar-refractivity contribution in [3.63, 3.8) is 0 Å². The van der Waals surface area contributed by atoms with E-state index in [1.165, 1.54) is 18.6 Å². The lowest BCUT2D eigenvalue weighted by Crippen LogP contribution is -2.35. The standard InChI is InChI=1S/C23H25F2N3O2S2.C2HF3O2/c1-16-21(27(2)19-8-10-28(14-19)13-17-6-4-3-5-7-17)12-20(24)23(22(16)25)32(29,30)15-18-9-11-31-26-18;3-2(4,5)1(6)7/h3-7,9,11-12,19H,8,10,13-15H2,1-2H3;(H,6,7)/t19-;/m0./s1. The number of benzene rings is 2. The van der Waals surface area contributed by atoms with Crippen LogP contribution in [0.4, 0.5) is 27.6 Å². The average molecular weight is 592 g/mol. The fourth-order valence-corrected chi connectivity index (χ4v) is 6.32. The number of hydrogen-bond donors (Lipinski definition) is 1. The number of aromatic nitrogens is 1. The van der Waals surface area contributed by atoms with Crippen molar-refractivity contribution in [2.24, 2.45) is 0 Å². The van der Waals surface area contributed by atoms with Gasteiger partial charge in [0.25, 0.3) is 0 Å². The number of nitrogens with zero attached hydrogens (tertiary/aromatic N) is 3. The molecule has 1 aliphatic heterocycles. The van der Waals surface area contributed by atoms with Gasteiger partial charge in [0.1, 0.15) is 16.5 Å². The van der Waals surface area contributed by atoms with Crippen LogP contribution in [0.1, 0.15) is 23.2 Å². The Balaban J connectivity index is 0.000000532. The minimum absolute atomic E-state index is 0.0775. The first-order valence-corrected chi connectivity index (χ1v) is 14.1. The van der Waals surface area contributed by atoms with Crippen LogP contribution >= 0.6 is 11.5 Å². The molecule has 0 saturated carbocycles. The lowest BCUT2D eigenvalue weighted by atomic mass is 10.1. The fraction of sp³-hybridized carbons (Fsp3) is 0.360. The summed E-state index contributed by atoms with van der Waals surface area (Å²) in [5.41, 5.74) is 2.00. The molecule has 1 aromatic heterocycles. The molecule has 1 saturated heterocycles. The Morgan fingerprint density at radius 2 is 1.85 bits per heavy atom. The van der Waals surface area contributed by atoms with Gasteiger partial charge >= 0.3 is 12.1 Å². The number of carboxylic acid groups (broad SMARTS) is 1. The van der Waals surface area contributed by atoms with E-state index in [4.69, 9.17) is 9.90 Å². The van der Waals surface area contributed by atoms with Crippen LogP contribution in [0.25, 0.3) is 0 Å². The summed E-state index contributed by atoms with van der Waals surface area (Å²) in [4.78, 5) is 12.2. The molecule has 1 N–H and O–H groups in total. The molecule has 14 heteroatoms. The van der Waals surface area contributed by atoms with E-state index < -0.39 is 44.3 Å². The number of likely N-dealkylation sites (tertiary alicyclic amines) is 1. The maximum atomic E-state index is 15.2. The van der Waals surface area contributed by atoms with Crippen molar-refractivity contribution in [3.8, 4) is 0 Å². The molecule has 0 unspecified atom stereocenters. The number of aliphatic carboxylic acids is 1. The van der Waals surface area contributed by atoms with Crippen LogP contribution < -0.4 is 4.90 Å². The summed E-state index contributed by atoms with van der Waals surface area (Å²) >= 11 is 1.10. The van der Waals surface area contributed by atoms with E-state index in [0.29, 0.717) is 5.69 Å². The van der Waals surface area contributed by atoms with Crippen LogP contribution in [0.5, 0.6) is 0 Å². The first-order valence-electron chi connectivity index (χ1n) is 11.6. The molecule has 3 aromatic rings. The van der Waals surface area contributed by atoms with Gasteiger partial charge in [-0.3, -0.25) is 4.90 Å². The molecule has 0 amide bonds. The number of anilines is 1. The first kappa shape index (κ1) is 30.4. The minimum Gasteiger partial charge on any atom is -0.475 e. The van der Waals surface area contributed by atoms with Crippen molar-refractivity contribution < 1.29 is 40.3 Å². The number of carboxylic acids is 1. The molecule has 7 nitrogen and oxygen atoms in total. The zero-order chi connectivity index (χ0) is 29.0. The van der Waals surface area contributed by atoms with Crippen LogP contribution in [0.15, 0.2) is 52.7 Å². The molecule has 0 bridgehead atoms. The Morgan fingerprint density at radius 3 is 2.41 bits per heavy atom. The molecule has 1 aliphatic rings. The highest BCUT2D eigenvalue weighted by Crippen LogP contribution is 2.33. The predicted molar refractivity (Wildman–Crippen MR) is 136 cm³/mol. The normalized spacial score (nSPS) is 16.0. The number of carbonyl (C=O) groups is 1. The zero-order valence-electron chi connectivity index (χ0n) is 21.0. The third-order valence-electron chi connectivity index (χ3n) is 6.20. The summed E-state index contributed by atoms with van der Waals surface area (Å²) in [6, 6.07) is 12.9. The highest BCUT2D eigenvalue weighted by molar-refractivity contribution is 7.90. The van der Waals surface area contributed by atoms with E-state index in [9.17, 15) is 26.0 Å². The second kappa shape index (κ2) is 12.4. The van der Waals surface area contributed by atoms with Gasteiger partial charge in [0.05, 0.1) is 11.4 Å². The smallest absolute Gasteiger partial charge is 0.475 e. The van der Waals surface area contributed by atoms with Crippen molar-refractivity contribution in [3.05, 3.63) is 76.3 Å². The Labute approximate surface area is 226 Å². The largest absolute Gasteiger partial charge is 0.490 e. The highest BCUT2D eigenvalue weighted by atomic mass is 32.2. The highest BCUT2D eigenvalue weighted by Gasteiger charge is 2.38. The molecule has 0 aliphatic carbocycles. The molecular formula is C25H26F5N3O4S2. The molecule has 2 aromatic carbocycles. The summed E-state index contributed by atoms with van der Waals surface area (Å²) in [6.45, 7) is 3.96. The molecule has 1 fully saturated rings.